The second-order valence-electron chi connectivity index (χ2n) is 5.50. The van der Waals surface area contributed by atoms with Gasteiger partial charge in [-0.05, 0) is 33.2 Å². The third-order valence-corrected chi connectivity index (χ3v) is 3.78. The molecule has 1 atom stereocenters. The molecule has 1 fully saturated rings. The van der Waals surface area contributed by atoms with Crippen molar-refractivity contribution >= 4 is 0 Å². The molecule has 0 radical (unpaired) electrons. The zero-order chi connectivity index (χ0) is 13.2. The van der Waals surface area contributed by atoms with Gasteiger partial charge in [0.15, 0.2) is 0 Å². The molecule has 1 saturated heterocycles. The van der Waals surface area contributed by atoms with E-state index in [0.29, 0.717) is 12.0 Å². The molecule has 5 heteroatoms. The number of piperidine rings is 1. The van der Waals surface area contributed by atoms with Crippen molar-refractivity contribution in [1.82, 2.24) is 24.6 Å². The molecule has 19 heavy (non-hydrogen) atoms. The zero-order valence-corrected chi connectivity index (χ0v) is 11.6. The Morgan fingerprint density at radius 1 is 1.37 bits per heavy atom. The van der Waals surface area contributed by atoms with Gasteiger partial charge in [-0.25, -0.2) is 4.98 Å². The van der Waals surface area contributed by atoms with E-state index in [2.05, 4.69) is 40.0 Å². The van der Waals surface area contributed by atoms with Crippen molar-refractivity contribution in [2.75, 3.05) is 13.1 Å². The van der Waals surface area contributed by atoms with Crippen LogP contribution in [0, 0.1) is 0 Å². The molecule has 0 amide bonds. The van der Waals surface area contributed by atoms with E-state index in [1.807, 2.05) is 23.4 Å². The third kappa shape index (κ3) is 2.42. The second-order valence-corrected chi connectivity index (χ2v) is 5.50. The minimum Gasteiger partial charge on any atom is -0.316 e. The molecule has 1 aliphatic heterocycles. The monoisotopic (exact) mass is 259 g/mol. The van der Waals surface area contributed by atoms with Crippen molar-refractivity contribution < 1.29 is 0 Å². The Balaban J connectivity index is 1.89. The Kier molecular flexibility index (Phi) is 3.38. The summed E-state index contributed by atoms with van der Waals surface area (Å²) in [6.07, 6.45) is 10.4. The first-order valence-electron chi connectivity index (χ1n) is 7.03. The van der Waals surface area contributed by atoms with Crippen LogP contribution in [0.25, 0.3) is 5.69 Å². The highest BCUT2D eigenvalue weighted by Gasteiger charge is 2.19. The Morgan fingerprint density at radius 3 is 2.95 bits per heavy atom. The van der Waals surface area contributed by atoms with Crippen LogP contribution in [0.2, 0.25) is 0 Å². The van der Waals surface area contributed by atoms with Crippen LogP contribution in [0.5, 0.6) is 0 Å². The fraction of sp³-hybridized carbons (Fsp3) is 0.571. The van der Waals surface area contributed by atoms with Crippen LogP contribution in [0.15, 0.2) is 24.9 Å². The molecular weight excluding hydrogens is 238 g/mol. The van der Waals surface area contributed by atoms with Crippen LogP contribution in [0.3, 0.4) is 0 Å². The Hall–Kier alpha value is -1.62. The fourth-order valence-corrected chi connectivity index (χ4v) is 2.66. The van der Waals surface area contributed by atoms with E-state index in [9.17, 15) is 0 Å². The summed E-state index contributed by atoms with van der Waals surface area (Å²) >= 11 is 0. The first-order valence-corrected chi connectivity index (χ1v) is 7.03. The summed E-state index contributed by atoms with van der Waals surface area (Å²) in [5.41, 5.74) is 2.39. The summed E-state index contributed by atoms with van der Waals surface area (Å²) < 4.78 is 4.15. The number of nitrogens with zero attached hydrogens (tertiary/aromatic N) is 4. The molecule has 102 valence electrons. The van der Waals surface area contributed by atoms with Gasteiger partial charge >= 0.3 is 0 Å². The maximum absolute atomic E-state index is 4.41. The lowest BCUT2D eigenvalue weighted by atomic mass is 9.96. The quantitative estimate of drug-likeness (QED) is 0.918. The molecule has 3 rings (SSSR count). The van der Waals surface area contributed by atoms with Gasteiger partial charge in [0.25, 0.3) is 0 Å². The molecule has 5 nitrogen and oxygen atoms in total. The maximum Gasteiger partial charge on any atom is 0.0995 e. The van der Waals surface area contributed by atoms with Crippen molar-refractivity contribution in [2.45, 2.75) is 38.6 Å². The maximum atomic E-state index is 4.41. The lowest BCUT2D eigenvalue weighted by Gasteiger charge is -2.23. The topological polar surface area (TPSA) is 47.7 Å². The van der Waals surface area contributed by atoms with Crippen molar-refractivity contribution in [2.24, 2.45) is 0 Å². The molecule has 1 unspecified atom stereocenters. The van der Waals surface area contributed by atoms with Crippen molar-refractivity contribution in [3.05, 3.63) is 30.6 Å². The van der Waals surface area contributed by atoms with E-state index in [1.54, 1.807) is 0 Å². The summed E-state index contributed by atoms with van der Waals surface area (Å²) in [7, 11) is 0. The summed E-state index contributed by atoms with van der Waals surface area (Å²) in [5, 5.41) is 7.87. The first kappa shape index (κ1) is 12.4. The van der Waals surface area contributed by atoms with E-state index in [4.69, 9.17) is 0 Å². The lowest BCUT2D eigenvalue weighted by Crippen LogP contribution is -2.29. The van der Waals surface area contributed by atoms with Gasteiger partial charge in [-0.1, -0.05) is 0 Å². The highest BCUT2D eigenvalue weighted by atomic mass is 15.3. The number of hydrogen-bond donors (Lipinski definition) is 1. The average Bonchev–Trinajstić information content (AvgIpc) is 3.08. The van der Waals surface area contributed by atoms with Crippen LogP contribution in [0.4, 0.5) is 0 Å². The van der Waals surface area contributed by atoms with Crippen molar-refractivity contribution in [3.8, 4) is 5.69 Å². The van der Waals surface area contributed by atoms with E-state index >= 15 is 0 Å². The minimum absolute atomic E-state index is 0.386. The van der Waals surface area contributed by atoms with E-state index in [-0.39, 0.29) is 0 Å². The normalized spacial score (nSPS) is 20.1. The highest BCUT2D eigenvalue weighted by molar-refractivity contribution is 5.30. The fourth-order valence-electron chi connectivity index (χ4n) is 2.66. The summed E-state index contributed by atoms with van der Waals surface area (Å²) in [6, 6.07) is 0.386. The van der Waals surface area contributed by atoms with E-state index in [1.165, 1.54) is 18.5 Å². The van der Waals surface area contributed by atoms with Gasteiger partial charge in [-0.2, -0.15) is 5.10 Å². The van der Waals surface area contributed by atoms with Gasteiger partial charge in [0.05, 0.1) is 18.2 Å². The van der Waals surface area contributed by atoms with Crippen LogP contribution >= 0.6 is 0 Å². The Labute approximate surface area is 113 Å². The van der Waals surface area contributed by atoms with Gasteiger partial charge in [0.2, 0.25) is 0 Å². The second kappa shape index (κ2) is 5.17. The molecule has 1 aliphatic rings. The van der Waals surface area contributed by atoms with Crippen molar-refractivity contribution in [3.63, 3.8) is 0 Å². The van der Waals surface area contributed by atoms with Crippen LogP contribution in [0.1, 0.15) is 44.3 Å². The molecule has 0 aromatic carbocycles. The van der Waals surface area contributed by atoms with Crippen molar-refractivity contribution in [1.29, 1.82) is 0 Å². The van der Waals surface area contributed by atoms with Crippen LogP contribution in [-0.2, 0) is 0 Å². The number of rotatable bonds is 3. The van der Waals surface area contributed by atoms with Crippen LogP contribution < -0.4 is 5.32 Å². The molecule has 0 bridgehead atoms. The predicted molar refractivity (Wildman–Crippen MR) is 74.6 cm³/mol. The number of nitrogens with one attached hydrogen (secondary N) is 1. The minimum atomic E-state index is 0.386. The zero-order valence-electron chi connectivity index (χ0n) is 11.6. The smallest absolute Gasteiger partial charge is 0.0995 e. The number of aromatic nitrogens is 4. The molecule has 1 N–H and O–H groups in total. The molecular formula is C14H21N5. The SMILES string of the molecule is CC(C)n1cc(-n2cncc2C2CCCNC2)cn1. The first-order chi connectivity index (χ1) is 9.25. The van der Waals surface area contributed by atoms with Gasteiger partial charge in [0, 0.05) is 36.6 Å². The molecule has 2 aromatic heterocycles. The number of hydrogen-bond acceptors (Lipinski definition) is 3. The molecule has 0 spiro atoms. The lowest BCUT2D eigenvalue weighted by molar-refractivity contribution is 0.451. The van der Waals surface area contributed by atoms with Gasteiger partial charge in [-0.3, -0.25) is 9.25 Å². The number of imidazole rings is 1. The van der Waals surface area contributed by atoms with E-state index in [0.717, 1.165) is 18.8 Å². The Bertz CT molecular complexity index is 534. The highest BCUT2D eigenvalue weighted by Crippen LogP contribution is 2.25. The average molecular weight is 259 g/mol. The van der Waals surface area contributed by atoms with Gasteiger partial charge in [0.1, 0.15) is 0 Å². The molecule has 0 saturated carbocycles. The molecule has 3 heterocycles. The largest absolute Gasteiger partial charge is 0.316 e. The van der Waals surface area contributed by atoms with E-state index < -0.39 is 0 Å². The summed E-state index contributed by atoms with van der Waals surface area (Å²) in [6.45, 7) is 6.45. The summed E-state index contributed by atoms with van der Waals surface area (Å²) in [4.78, 5) is 4.33. The standard InChI is InChI=1S/C14H21N5/c1-11(2)19-9-13(7-17-19)18-10-16-8-14(18)12-4-3-5-15-6-12/h7-12,15H,3-6H2,1-2H3. The van der Waals surface area contributed by atoms with Gasteiger partial charge < -0.3 is 5.32 Å². The van der Waals surface area contributed by atoms with Crippen LogP contribution in [-0.4, -0.2) is 32.4 Å². The molecule has 2 aromatic rings. The third-order valence-electron chi connectivity index (χ3n) is 3.78. The Morgan fingerprint density at radius 2 is 2.26 bits per heavy atom. The summed E-state index contributed by atoms with van der Waals surface area (Å²) in [5.74, 6) is 0.554. The predicted octanol–water partition coefficient (Wildman–Crippen LogP) is 2.12. The molecule has 0 aliphatic carbocycles. The van der Waals surface area contributed by atoms with Gasteiger partial charge in [-0.15, -0.1) is 0 Å².